The predicted octanol–water partition coefficient (Wildman–Crippen LogP) is 1.35. The molecular weight excluding hydrogens is 188 g/mol. The first kappa shape index (κ1) is 12.9. The van der Waals surface area contributed by atoms with Gasteiger partial charge in [0.25, 0.3) is 0 Å². The minimum atomic E-state index is 0.0186. The maximum absolute atomic E-state index is 9.14. The van der Waals surface area contributed by atoms with E-state index < -0.39 is 0 Å². The summed E-state index contributed by atoms with van der Waals surface area (Å²) in [6.45, 7) is 6.01. The van der Waals surface area contributed by atoms with Gasteiger partial charge in [-0.05, 0) is 26.7 Å². The molecule has 0 heterocycles. The fraction of sp³-hybridized carbons (Fsp3) is 1.00. The molecule has 0 saturated heterocycles. The molecule has 3 heteroatoms. The quantitative estimate of drug-likeness (QED) is 0.726. The molecule has 0 unspecified atom stereocenters. The van der Waals surface area contributed by atoms with Gasteiger partial charge >= 0.3 is 0 Å². The molecule has 1 aliphatic carbocycles. The smallest absolute Gasteiger partial charge is 0.0558 e. The van der Waals surface area contributed by atoms with E-state index in [0.717, 1.165) is 6.54 Å². The van der Waals surface area contributed by atoms with Crippen molar-refractivity contribution in [1.29, 1.82) is 0 Å². The van der Waals surface area contributed by atoms with Crippen molar-refractivity contribution < 1.29 is 5.11 Å². The van der Waals surface area contributed by atoms with Crippen LogP contribution in [0.3, 0.4) is 0 Å². The van der Waals surface area contributed by atoms with E-state index in [1.807, 2.05) is 0 Å². The van der Waals surface area contributed by atoms with Crippen molar-refractivity contribution in [3.63, 3.8) is 0 Å². The minimum absolute atomic E-state index is 0.0186. The van der Waals surface area contributed by atoms with Crippen LogP contribution in [0.15, 0.2) is 0 Å². The van der Waals surface area contributed by atoms with Gasteiger partial charge in [0.15, 0.2) is 0 Å². The van der Waals surface area contributed by atoms with E-state index in [2.05, 4.69) is 18.7 Å². The third kappa shape index (κ3) is 3.44. The van der Waals surface area contributed by atoms with Gasteiger partial charge < -0.3 is 10.8 Å². The van der Waals surface area contributed by atoms with Crippen LogP contribution in [0, 0.1) is 0 Å². The molecular formula is C12H26N2O. The molecule has 0 bridgehead atoms. The van der Waals surface area contributed by atoms with E-state index in [1.165, 1.54) is 32.1 Å². The maximum atomic E-state index is 9.14. The van der Waals surface area contributed by atoms with E-state index in [9.17, 15) is 0 Å². The molecule has 3 N–H and O–H groups in total. The highest BCUT2D eigenvalue weighted by molar-refractivity contribution is 4.88. The number of aliphatic hydroxyl groups excluding tert-OH is 1. The molecule has 0 radical (unpaired) electrons. The van der Waals surface area contributed by atoms with Gasteiger partial charge in [0.05, 0.1) is 6.61 Å². The molecule has 0 spiro atoms. The minimum Gasteiger partial charge on any atom is -0.395 e. The van der Waals surface area contributed by atoms with Crippen LogP contribution < -0.4 is 5.73 Å². The topological polar surface area (TPSA) is 49.5 Å². The van der Waals surface area contributed by atoms with Crippen LogP contribution >= 0.6 is 0 Å². The summed E-state index contributed by atoms with van der Waals surface area (Å²) < 4.78 is 0. The molecule has 0 aromatic carbocycles. The van der Waals surface area contributed by atoms with Crippen molar-refractivity contribution in [2.75, 3.05) is 19.7 Å². The van der Waals surface area contributed by atoms with E-state index in [1.54, 1.807) is 0 Å². The second-order valence-corrected chi connectivity index (χ2v) is 5.23. The Balaban J connectivity index is 2.62. The van der Waals surface area contributed by atoms with Crippen LogP contribution in [0.25, 0.3) is 0 Å². The average molecular weight is 214 g/mol. The molecule has 0 aromatic heterocycles. The summed E-state index contributed by atoms with van der Waals surface area (Å²) in [6.07, 6.45) is 6.56. The van der Waals surface area contributed by atoms with Crippen LogP contribution in [0.2, 0.25) is 0 Å². The maximum Gasteiger partial charge on any atom is 0.0558 e. The van der Waals surface area contributed by atoms with Gasteiger partial charge in [-0.15, -0.1) is 0 Å². The van der Waals surface area contributed by atoms with Crippen molar-refractivity contribution in [3.8, 4) is 0 Å². The lowest BCUT2D eigenvalue weighted by atomic mass is 9.90. The average Bonchev–Trinajstić information content (AvgIpc) is 2.27. The zero-order valence-electron chi connectivity index (χ0n) is 10.2. The van der Waals surface area contributed by atoms with Crippen molar-refractivity contribution in [2.45, 2.75) is 57.5 Å². The number of nitrogens with two attached hydrogens (primary N) is 1. The molecule has 0 atom stereocenters. The lowest BCUT2D eigenvalue weighted by Crippen LogP contribution is -2.55. The SMILES string of the molecule is CC(C)(CN)N(CCO)C1CCCCC1. The van der Waals surface area contributed by atoms with Crippen molar-refractivity contribution in [3.05, 3.63) is 0 Å². The monoisotopic (exact) mass is 214 g/mol. The van der Waals surface area contributed by atoms with Gasteiger partial charge in [-0.1, -0.05) is 19.3 Å². The third-order valence-electron chi connectivity index (χ3n) is 3.63. The molecule has 0 aromatic rings. The van der Waals surface area contributed by atoms with Gasteiger partial charge in [0.2, 0.25) is 0 Å². The first-order valence-corrected chi connectivity index (χ1v) is 6.19. The number of aliphatic hydroxyl groups is 1. The molecule has 1 rings (SSSR count). The Morgan fingerprint density at radius 2 is 1.87 bits per heavy atom. The van der Waals surface area contributed by atoms with Crippen molar-refractivity contribution >= 4 is 0 Å². The van der Waals surface area contributed by atoms with Crippen molar-refractivity contribution in [1.82, 2.24) is 4.90 Å². The predicted molar refractivity (Wildman–Crippen MR) is 63.8 cm³/mol. The lowest BCUT2D eigenvalue weighted by molar-refractivity contribution is 0.0373. The molecule has 15 heavy (non-hydrogen) atoms. The molecule has 90 valence electrons. The van der Waals surface area contributed by atoms with E-state index >= 15 is 0 Å². The summed E-state index contributed by atoms with van der Waals surface area (Å²) in [4.78, 5) is 2.41. The Hall–Kier alpha value is -0.120. The molecule has 1 fully saturated rings. The second-order valence-electron chi connectivity index (χ2n) is 5.23. The summed E-state index contributed by atoms with van der Waals surface area (Å²) in [5, 5.41) is 9.14. The highest BCUT2D eigenvalue weighted by Crippen LogP contribution is 2.27. The lowest BCUT2D eigenvalue weighted by Gasteiger charge is -2.44. The summed E-state index contributed by atoms with van der Waals surface area (Å²) in [5.41, 5.74) is 5.84. The largest absolute Gasteiger partial charge is 0.395 e. The summed E-state index contributed by atoms with van der Waals surface area (Å²) in [6, 6.07) is 0.629. The summed E-state index contributed by atoms with van der Waals surface area (Å²) >= 11 is 0. The molecule has 3 nitrogen and oxygen atoms in total. The van der Waals surface area contributed by atoms with Gasteiger partial charge in [-0.2, -0.15) is 0 Å². The normalized spacial score (nSPS) is 19.8. The highest BCUT2D eigenvalue weighted by Gasteiger charge is 2.31. The summed E-state index contributed by atoms with van der Waals surface area (Å²) in [5.74, 6) is 0. The van der Waals surface area contributed by atoms with Crippen LogP contribution in [-0.4, -0.2) is 41.3 Å². The van der Waals surface area contributed by atoms with Gasteiger partial charge in [0, 0.05) is 24.7 Å². The Labute approximate surface area is 93.6 Å². The van der Waals surface area contributed by atoms with Crippen LogP contribution in [-0.2, 0) is 0 Å². The Morgan fingerprint density at radius 3 is 2.33 bits per heavy atom. The molecule has 0 aliphatic heterocycles. The van der Waals surface area contributed by atoms with E-state index in [4.69, 9.17) is 10.8 Å². The molecule has 1 saturated carbocycles. The molecule has 0 amide bonds. The zero-order chi connectivity index (χ0) is 11.3. The van der Waals surface area contributed by atoms with Gasteiger partial charge in [-0.3, -0.25) is 4.90 Å². The highest BCUT2D eigenvalue weighted by atomic mass is 16.3. The number of hydrogen-bond donors (Lipinski definition) is 2. The van der Waals surface area contributed by atoms with Crippen LogP contribution in [0.5, 0.6) is 0 Å². The number of hydrogen-bond acceptors (Lipinski definition) is 3. The number of nitrogens with zero attached hydrogens (tertiary/aromatic N) is 1. The standard InChI is InChI=1S/C12H26N2O/c1-12(2,10-13)14(8-9-15)11-6-4-3-5-7-11/h11,15H,3-10,13H2,1-2H3. The zero-order valence-corrected chi connectivity index (χ0v) is 10.2. The summed E-state index contributed by atoms with van der Waals surface area (Å²) in [7, 11) is 0. The number of β-amino-alcohol motifs (C(OH)–C–C–N with tert-alkyl or cyclic N) is 1. The first-order chi connectivity index (χ1) is 7.11. The Morgan fingerprint density at radius 1 is 1.27 bits per heavy atom. The van der Waals surface area contributed by atoms with Crippen LogP contribution in [0.4, 0.5) is 0 Å². The Bertz CT molecular complexity index is 176. The molecule has 1 aliphatic rings. The van der Waals surface area contributed by atoms with Crippen molar-refractivity contribution in [2.24, 2.45) is 5.73 Å². The second kappa shape index (κ2) is 5.83. The van der Waals surface area contributed by atoms with Crippen LogP contribution in [0.1, 0.15) is 46.0 Å². The fourth-order valence-corrected chi connectivity index (χ4v) is 2.60. The van der Waals surface area contributed by atoms with Gasteiger partial charge in [0.1, 0.15) is 0 Å². The van der Waals surface area contributed by atoms with E-state index in [0.29, 0.717) is 12.6 Å². The first-order valence-electron chi connectivity index (χ1n) is 6.19. The number of rotatable bonds is 5. The third-order valence-corrected chi connectivity index (χ3v) is 3.63. The Kier molecular flexibility index (Phi) is 5.03. The van der Waals surface area contributed by atoms with E-state index in [-0.39, 0.29) is 12.1 Å². The fourth-order valence-electron chi connectivity index (χ4n) is 2.60. The van der Waals surface area contributed by atoms with Gasteiger partial charge in [-0.25, -0.2) is 0 Å².